The second-order valence-corrected chi connectivity index (χ2v) is 7.04. The Morgan fingerprint density at radius 1 is 1.12 bits per heavy atom. The second kappa shape index (κ2) is 10.2. The molecule has 0 aliphatic rings. The van der Waals surface area contributed by atoms with E-state index in [1.54, 1.807) is 12.1 Å². The maximum atomic E-state index is 13.6. The normalized spacial score (nSPS) is 10.8. The number of carbonyl (C=O) groups is 1. The molecule has 0 bridgehead atoms. The summed E-state index contributed by atoms with van der Waals surface area (Å²) >= 11 is 1.48. The zero-order valence-corrected chi connectivity index (χ0v) is 14.9. The Labute approximate surface area is 147 Å². The molecule has 0 aliphatic carbocycles. The van der Waals surface area contributed by atoms with Crippen molar-refractivity contribution in [3.05, 3.63) is 51.5 Å². The first kappa shape index (κ1) is 18.6. The lowest BCUT2D eigenvalue weighted by atomic mass is 10.0. The molecule has 0 amide bonds. The summed E-state index contributed by atoms with van der Waals surface area (Å²) in [5.41, 5.74) is 2.00. The van der Waals surface area contributed by atoms with Crippen molar-refractivity contribution in [2.75, 3.05) is 18.9 Å². The number of aryl methyl sites for hydroxylation is 1. The lowest BCUT2D eigenvalue weighted by Crippen LogP contribution is -2.07. The van der Waals surface area contributed by atoms with Crippen molar-refractivity contribution in [2.45, 2.75) is 38.6 Å². The molecule has 0 radical (unpaired) electrons. The highest BCUT2D eigenvalue weighted by Gasteiger charge is 2.06. The molecule has 130 valence electrons. The molecular formula is C19H25FN2OS. The van der Waals surface area contributed by atoms with Gasteiger partial charge in [-0.2, -0.15) is 0 Å². The first-order valence-electron chi connectivity index (χ1n) is 8.43. The van der Waals surface area contributed by atoms with Crippen LogP contribution in [-0.2, 0) is 13.0 Å². The summed E-state index contributed by atoms with van der Waals surface area (Å²) in [6.45, 7) is 1.70. The van der Waals surface area contributed by atoms with Crippen LogP contribution in [0.2, 0.25) is 0 Å². The molecular weight excluding hydrogens is 323 g/mol. The van der Waals surface area contributed by atoms with Crippen molar-refractivity contribution in [3.63, 3.8) is 0 Å². The highest BCUT2D eigenvalue weighted by molar-refractivity contribution is 7.13. The van der Waals surface area contributed by atoms with E-state index >= 15 is 0 Å². The van der Waals surface area contributed by atoms with Gasteiger partial charge in [-0.05, 0) is 68.8 Å². The topological polar surface area (TPSA) is 41.1 Å². The van der Waals surface area contributed by atoms with Crippen LogP contribution in [-0.4, -0.2) is 19.9 Å². The zero-order chi connectivity index (χ0) is 17.2. The van der Waals surface area contributed by atoms with Crippen molar-refractivity contribution < 1.29 is 9.18 Å². The number of benzene rings is 1. The molecule has 1 heterocycles. The van der Waals surface area contributed by atoms with E-state index in [0.717, 1.165) is 53.1 Å². The molecule has 24 heavy (non-hydrogen) atoms. The highest BCUT2D eigenvalue weighted by Crippen LogP contribution is 2.22. The van der Waals surface area contributed by atoms with Crippen LogP contribution in [0.4, 0.5) is 10.1 Å². The summed E-state index contributed by atoms with van der Waals surface area (Å²) in [7, 11) is 1.97. The fourth-order valence-corrected chi connectivity index (χ4v) is 3.41. The third-order valence-corrected chi connectivity index (χ3v) is 4.95. The standard InChI is InChI=1S/C19H25FN2OS/c1-21-11-5-3-2-4-6-15-12-16(20)7-10-19(15)22-13-17-8-9-18(14-23)24-17/h7-10,12,14,21-22H,2-6,11,13H2,1H3. The molecule has 2 N–H and O–H groups in total. The van der Waals surface area contributed by atoms with Crippen LogP contribution < -0.4 is 10.6 Å². The van der Waals surface area contributed by atoms with Gasteiger partial charge in [0.05, 0.1) is 4.88 Å². The Kier molecular flexibility index (Phi) is 7.92. The molecule has 0 aliphatic heterocycles. The van der Waals surface area contributed by atoms with Crippen LogP contribution >= 0.6 is 11.3 Å². The lowest BCUT2D eigenvalue weighted by molar-refractivity contribution is 0.112. The van der Waals surface area contributed by atoms with E-state index in [4.69, 9.17) is 0 Å². The first-order chi connectivity index (χ1) is 11.7. The number of anilines is 1. The summed E-state index contributed by atoms with van der Waals surface area (Å²) in [5.74, 6) is -0.190. The van der Waals surface area contributed by atoms with Crippen molar-refractivity contribution in [1.29, 1.82) is 0 Å². The molecule has 0 unspecified atom stereocenters. The quantitative estimate of drug-likeness (QED) is 0.459. The smallest absolute Gasteiger partial charge is 0.160 e. The SMILES string of the molecule is CNCCCCCCc1cc(F)ccc1NCc1ccc(C=O)s1. The Balaban J connectivity index is 1.87. The molecule has 1 aromatic heterocycles. The number of hydrogen-bond donors (Lipinski definition) is 2. The van der Waals surface area contributed by atoms with Crippen LogP contribution in [0.5, 0.6) is 0 Å². The van der Waals surface area contributed by atoms with Crippen LogP contribution in [0, 0.1) is 5.82 Å². The van der Waals surface area contributed by atoms with Crippen LogP contribution in [0.3, 0.4) is 0 Å². The number of nitrogens with one attached hydrogen (secondary N) is 2. The van der Waals surface area contributed by atoms with Crippen LogP contribution in [0.25, 0.3) is 0 Å². The van der Waals surface area contributed by atoms with E-state index in [2.05, 4.69) is 10.6 Å². The lowest BCUT2D eigenvalue weighted by Gasteiger charge is -2.12. The van der Waals surface area contributed by atoms with Gasteiger partial charge in [-0.1, -0.05) is 12.8 Å². The van der Waals surface area contributed by atoms with Gasteiger partial charge in [0, 0.05) is 17.1 Å². The van der Waals surface area contributed by atoms with Gasteiger partial charge in [-0.25, -0.2) is 4.39 Å². The van der Waals surface area contributed by atoms with Crippen LogP contribution in [0.15, 0.2) is 30.3 Å². The summed E-state index contributed by atoms with van der Waals surface area (Å²) in [4.78, 5) is 12.6. The maximum absolute atomic E-state index is 13.6. The van der Waals surface area contributed by atoms with Gasteiger partial charge >= 0.3 is 0 Å². The Morgan fingerprint density at radius 2 is 1.96 bits per heavy atom. The van der Waals surface area contributed by atoms with E-state index in [1.165, 1.54) is 30.2 Å². The van der Waals surface area contributed by atoms with Crippen LogP contribution in [0.1, 0.15) is 45.8 Å². The Bertz CT molecular complexity index is 642. The summed E-state index contributed by atoms with van der Waals surface area (Å²) in [6.07, 6.45) is 6.35. The van der Waals surface area contributed by atoms with Gasteiger partial charge in [0.15, 0.2) is 6.29 Å². The Morgan fingerprint density at radius 3 is 2.71 bits per heavy atom. The largest absolute Gasteiger partial charge is 0.380 e. The number of unbranched alkanes of at least 4 members (excludes halogenated alkanes) is 3. The molecule has 5 heteroatoms. The van der Waals surface area contributed by atoms with Gasteiger partial charge in [0.2, 0.25) is 0 Å². The fraction of sp³-hybridized carbons (Fsp3) is 0.421. The molecule has 0 saturated heterocycles. The monoisotopic (exact) mass is 348 g/mol. The van der Waals surface area contributed by atoms with E-state index < -0.39 is 0 Å². The van der Waals surface area contributed by atoms with E-state index in [1.807, 2.05) is 19.2 Å². The summed E-state index contributed by atoms with van der Waals surface area (Å²) in [6, 6.07) is 8.70. The molecule has 3 nitrogen and oxygen atoms in total. The zero-order valence-electron chi connectivity index (χ0n) is 14.1. The predicted octanol–water partition coefficient (Wildman–Crippen LogP) is 4.63. The first-order valence-corrected chi connectivity index (χ1v) is 9.25. The predicted molar refractivity (Wildman–Crippen MR) is 99.5 cm³/mol. The number of aldehydes is 1. The summed E-state index contributed by atoms with van der Waals surface area (Å²) < 4.78 is 13.6. The van der Waals surface area contributed by atoms with Crippen molar-refractivity contribution in [3.8, 4) is 0 Å². The number of carbonyl (C=O) groups excluding carboxylic acids is 1. The third kappa shape index (κ3) is 6.06. The van der Waals surface area contributed by atoms with Gasteiger partial charge in [0.1, 0.15) is 5.82 Å². The number of halogens is 1. The summed E-state index contributed by atoms with van der Waals surface area (Å²) in [5, 5.41) is 6.52. The molecule has 0 fully saturated rings. The fourth-order valence-electron chi connectivity index (χ4n) is 2.65. The maximum Gasteiger partial charge on any atom is 0.160 e. The molecule has 0 saturated carbocycles. The van der Waals surface area contributed by atoms with E-state index in [9.17, 15) is 9.18 Å². The van der Waals surface area contributed by atoms with Crippen molar-refractivity contribution in [1.82, 2.24) is 5.32 Å². The number of thiophene rings is 1. The average molecular weight is 348 g/mol. The van der Waals surface area contributed by atoms with Crippen molar-refractivity contribution >= 4 is 23.3 Å². The van der Waals surface area contributed by atoms with Gasteiger partial charge in [0.25, 0.3) is 0 Å². The minimum Gasteiger partial charge on any atom is -0.380 e. The minimum atomic E-state index is -0.190. The van der Waals surface area contributed by atoms with Crippen molar-refractivity contribution in [2.24, 2.45) is 0 Å². The molecule has 0 atom stereocenters. The number of rotatable bonds is 11. The average Bonchev–Trinajstić information content (AvgIpc) is 3.05. The minimum absolute atomic E-state index is 0.190. The second-order valence-electron chi connectivity index (χ2n) is 5.84. The number of hydrogen-bond acceptors (Lipinski definition) is 4. The van der Waals surface area contributed by atoms with Gasteiger partial charge in [-0.15, -0.1) is 11.3 Å². The Hall–Kier alpha value is -1.72. The highest BCUT2D eigenvalue weighted by atomic mass is 32.1. The van der Waals surface area contributed by atoms with Gasteiger partial charge in [-0.3, -0.25) is 4.79 Å². The van der Waals surface area contributed by atoms with E-state index in [-0.39, 0.29) is 5.82 Å². The molecule has 0 spiro atoms. The molecule has 2 aromatic rings. The third-order valence-electron chi connectivity index (χ3n) is 3.94. The molecule has 2 rings (SSSR count). The molecule has 1 aromatic carbocycles. The van der Waals surface area contributed by atoms with Gasteiger partial charge < -0.3 is 10.6 Å². The van der Waals surface area contributed by atoms with E-state index in [0.29, 0.717) is 6.54 Å².